The molecule has 0 spiro atoms. The Morgan fingerprint density at radius 2 is 1.67 bits per heavy atom. The van der Waals surface area contributed by atoms with Gasteiger partial charge in [0.15, 0.2) is 0 Å². The maximum absolute atomic E-state index is 12.7. The van der Waals surface area contributed by atoms with Gasteiger partial charge < -0.3 is 0 Å². The molecule has 0 radical (unpaired) electrons. The minimum Gasteiger partial charge on any atom is -0.299 e. The summed E-state index contributed by atoms with van der Waals surface area (Å²) in [5, 5.41) is 0. The molecular weight excluding hydrogens is 280 g/mol. The summed E-state index contributed by atoms with van der Waals surface area (Å²) in [5.74, 6) is 0.161. The largest absolute Gasteiger partial charge is 0.299 e. The summed E-state index contributed by atoms with van der Waals surface area (Å²) in [6.07, 6.45) is 0.339. The van der Waals surface area contributed by atoms with E-state index < -0.39 is 10.8 Å². The molecule has 0 bridgehead atoms. The topological polar surface area (TPSA) is 34.1 Å². The Kier molecular flexibility index (Phi) is 5.07. The Balaban J connectivity index is 2.33. The molecule has 110 valence electrons. The number of carbonyl (C=O) groups is 1. The number of rotatable bonds is 5. The predicted molar refractivity (Wildman–Crippen MR) is 85.8 cm³/mol. The Morgan fingerprint density at radius 3 is 2.29 bits per heavy atom. The van der Waals surface area contributed by atoms with Crippen LogP contribution in [0.5, 0.6) is 0 Å². The highest BCUT2D eigenvalue weighted by Crippen LogP contribution is 2.22. The van der Waals surface area contributed by atoms with E-state index in [0.29, 0.717) is 6.42 Å². The number of ketones is 1. The summed E-state index contributed by atoms with van der Waals surface area (Å²) in [6, 6.07) is 15.2. The second-order valence-corrected chi connectivity index (χ2v) is 6.94. The summed E-state index contributed by atoms with van der Waals surface area (Å²) in [4.78, 5) is 13.5. The van der Waals surface area contributed by atoms with Gasteiger partial charge in [0.1, 0.15) is 5.78 Å². The summed E-state index contributed by atoms with van der Waals surface area (Å²) in [5.41, 5.74) is 1.99. The lowest BCUT2D eigenvalue weighted by atomic mass is 10.0. The van der Waals surface area contributed by atoms with Crippen LogP contribution in [-0.2, 0) is 22.0 Å². The molecule has 1 atom stereocenters. The van der Waals surface area contributed by atoms with Crippen LogP contribution in [0.15, 0.2) is 58.3 Å². The van der Waals surface area contributed by atoms with Crippen molar-refractivity contribution >= 4 is 16.6 Å². The highest BCUT2D eigenvalue weighted by Gasteiger charge is 2.15. The molecule has 0 aromatic heterocycles. The van der Waals surface area contributed by atoms with Gasteiger partial charge in [-0.3, -0.25) is 4.79 Å². The van der Waals surface area contributed by atoms with Gasteiger partial charge in [-0.15, -0.1) is 0 Å². The van der Waals surface area contributed by atoms with Crippen molar-refractivity contribution in [3.8, 4) is 0 Å². The van der Waals surface area contributed by atoms with Crippen LogP contribution < -0.4 is 0 Å². The average Bonchev–Trinajstić information content (AvgIpc) is 2.47. The lowest BCUT2D eigenvalue weighted by Gasteiger charge is -2.10. The molecule has 0 aliphatic carbocycles. The molecule has 0 aliphatic rings. The first-order chi connectivity index (χ1) is 9.99. The summed E-state index contributed by atoms with van der Waals surface area (Å²) >= 11 is 0. The highest BCUT2D eigenvalue weighted by molar-refractivity contribution is 7.85. The molecule has 0 saturated carbocycles. The smallest absolute Gasteiger partial charge is 0.139 e. The van der Waals surface area contributed by atoms with Crippen LogP contribution in [0.4, 0.5) is 0 Å². The molecule has 21 heavy (non-hydrogen) atoms. The van der Waals surface area contributed by atoms with Gasteiger partial charge in [-0.1, -0.05) is 49.7 Å². The molecule has 2 aromatic carbocycles. The van der Waals surface area contributed by atoms with E-state index in [1.54, 1.807) is 0 Å². The molecule has 2 nitrogen and oxygen atoms in total. The van der Waals surface area contributed by atoms with Crippen molar-refractivity contribution in [2.75, 3.05) is 0 Å². The number of hydrogen-bond donors (Lipinski definition) is 0. The van der Waals surface area contributed by atoms with Gasteiger partial charge in [0.2, 0.25) is 0 Å². The molecule has 1 unspecified atom stereocenters. The van der Waals surface area contributed by atoms with E-state index in [-0.39, 0.29) is 11.7 Å². The highest BCUT2D eigenvalue weighted by atomic mass is 32.2. The Hall–Kier alpha value is -1.74. The third-order valence-electron chi connectivity index (χ3n) is 3.42. The molecule has 0 heterocycles. The maximum atomic E-state index is 12.7. The maximum Gasteiger partial charge on any atom is 0.139 e. The summed E-state index contributed by atoms with van der Waals surface area (Å²) in [6.45, 7) is 5.78. The monoisotopic (exact) mass is 300 g/mol. The predicted octanol–water partition coefficient (Wildman–Crippen LogP) is 3.93. The normalized spacial score (nSPS) is 12.4. The van der Waals surface area contributed by atoms with Gasteiger partial charge in [0, 0.05) is 22.1 Å². The summed E-state index contributed by atoms with van der Waals surface area (Å²) < 4.78 is 12.7. The number of hydrogen-bond acceptors (Lipinski definition) is 2. The minimum atomic E-state index is -1.25. The zero-order chi connectivity index (χ0) is 15.4. The molecule has 3 heteroatoms. The first-order valence-electron chi connectivity index (χ1n) is 7.08. The van der Waals surface area contributed by atoms with Crippen molar-refractivity contribution in [3.05, 3.63) is 59.7 Å². The lowest BCUT2D eigenvalue weighted by Crippen LogP contribution is -2.12. The van der Waals surface area contributed by atoms with E-state index in [1.807, 2.05) is 69.3 Å². The number of aryl methyl sites for hydroxylation is 1. The molecule has 0 N–H and O–H groups in total. The Morgan fingerprint density at radius 1 is 1.05 bits per heavy atom. The van der Waals surface area contributed by atoms with Crippen molar-refractivity contribution in [1.29, 1.82) is 0 Å². The standard InChI is InChI=1S/C18H20O2S/c1-13(2)17(19)12-15-6-4-5-7-18(15)21(20)16-10-8-14(3)9-11-16/h4-11,13H,12H2,1-3H3. The molecule has 0 aliphatic heterocycles. The van der Waals surface area contributed by atoms with Crippen LogP contribution >= 0.6 is 0 Å². The van der Waals surface area contributed by atoms with E-state index in [9.17, 15) is 9.00 Å². The van der Waals surface area contributed by atoms with Crippen molar-refractivity contribution in [2.24, 2.45) is 5.92 Å². The van der Waals surface area contributed by atoms with Crippen LogP contribution in [0.3, 0.4) is 0 Å². The lowest BCUT2D eigenvalue weighted by molar-refractivity contribution is -0.121. The van der Waals surface area contributed by atoms with Gasteiger partial charge in [-0.25, -0.2) is 4.21 Å². The molecule has 0 saturated heterocycles. The van der Waals surface area contributed by atoms with Crippen LogP contribution in [0.25, 0.3) is 0 Å². The average molecular weight is 300 g/mol. The number of benzene rings is 2. The van der Waals surface area contributed by atoms with Crippen molar-refractivity contribution in [2.45, 2.75) is 37.0 Å². The van der Waals surface area contributed by atoms with Crippen LogP contribution in [0.1, 0.15) is 25.0 Å². The van der Waals surface area contributed by atoms with Crippen molar-refractivity contribution in [3.63, 3.8) is 0 Å². The zero-order valence-electron chi connectivity index (χ0n) is 12.6. The van der Waals surface area contributed by atoms with Crippen LogP contribution in [0.2, 0.25) is 0 Å². The van der Waals surface area contributed by atoms with Crippen molar-refractivity contribution in [1.82, 2.24) is 0 Å². The van der Waals surface area contributed by atoms with E-state index in [1.165, 1.54) is 0 Å². The fourth-order valence-corrected chi connectivity index (χ4v) is 3.23. The minimum absolute atomic E-state index is 0.00846. The quantitative estimate of drug-likeness (QED) is 0.838. The molecule has 2 rings (SSSR count). The van der Waals surface area contributed by atoms with Gasteiger partial charge in [0.25, 0.3) is 0 Å². The first kappa shape index (κ1) is 15.6. The Labute approximate surface area is 128 Å². The zero-order valence-corrected chi connectivity index (χ0v) is 13.4. The Bertz CT molecular complexity index is 657. The molecular formula is C18H20O2S. The molecule has 0 amide bonds. The molecule has 2 aromatic rings. The van der Waals surface area contributed by atoms with Crippen LogP contribution in [-0.4, -0.2) is 9.99 Å². The number of carbonyl (C=O) groups excluding carboxylic acids is 1. The third-order valence-corrected chi connectivity index (χ3v) is 4.91. The van der Waals surface area contributed by atoms with E-state index in [0.717, 1.165) is 20.9 Å². The molecule has 0 fully saturated rings. The second kappa shape index (κ2) is 6.81. The van der Waals surface area contributed by atoms with Gasteiger partial charge >= 0.3 is 0 Å². The fourth-order valence-electron chi connectivity index (χ4n) is 2.01. The van der Waals surface area contributed by atoms with E-state index in [4.69, 9.17) is 0 Å². The first-order valence-corrected chi connectivity index (χ1v) is 8.23. The van der Waals surface area contributed by atoms with Crippen LogP contribution in [0, 0.1) is 12.8 Å². The number of Topliss-reactive ketones (excluding diaryl/α,β-unsaturated/α-hetero) is 1. The second-order valence-electron chi connectivity index (χ2n) is 5.49. The SMILES string of the molecule is Cc1ccc(S(=O)c2ccccc2CC(=O)C(C)C)cc1. The van der Waals surface area contributed by atoms with E-state index in [2.05, 4.69) is 0 Å². The third kappa shape index (κ3) is 3.88. The van der Waals surface area contributed by atoms with Crippen molar-refractivity contribution < 1.29 is 9.00 Å². The van der Waals surface area contributed by atoms with Gasteiger partial charge in [-0.2, -0.15) is 0 Å². The van der Waals surface area contributed by atoms with E-state index >= 15 is 0 Å². The fraction of sp³-hybridized carbons (Fsp3) is 0.278. The van der Waals surface area contributed by atoms with Gasteiger partial charge in [-0.05, 0) is 30.7 Å². The van der Waals surface area contributed by atoms with Gasteiger partial charge in [0.05, 0.1) is 10.8 Å². The summed E-state index contributed by atoms with van der Waals surface area (Å²) in [7, 11) is -1.25.